The summed E-state index contributed by atoms with van der Waals surface area (Å²) in [5, 5.41) is 0. The minimum Gasteiger partial charge on any atom is -0.462 e. The molecule has 0 amide bonds. The van der Waals surface area contributed by atoms with Crippen molar-refractivity contribution in [3.63, 3.8) is 0 Å². The predicted octanol–water partition coefficient (Wildman–Crippen LogP) is 17.4. The van der Waals surface area contributed by atoms with E-state index in [4.69, 9.17) is 14.2 Å². The lowest BCUT2D eigenvalue weighted by Crippen LogP contribution is -2.30. The maximum absolute atomic E-state index is 12.7. The SMILES string of the molecule is CC/C=C\C/C=C\C/C=C\C/C=C\C/C=C\CCCCCCCCCCCC(=O)OCC(COC(=O)CCCCCCCCCCCC)OC(=O)CCCCCCC/C=C\CCC. The van der Waals surface area contributed by atoms with E-state index < -0.39 is 6.10 Å². The lowest BCUT2D eigenvalue weighted by molar-refractivity contribution is -0.167. The second-order valence-electron chi connectivity index (χ2n) is 17.4. The van der Waals surface area contributed by atoms with Gasteiger partial charge in [-0.2, -0.15) is 0 Å². The molecule has 0 fully saturated rings. The van der Waals surface area contributed by atoms with Crippen molar-refractivity contribution in [2.45, 2.75) is 258 Å². The van der Waals surface area contributed by atoms with Gasteiger partial charge in [0.05, 0.1) is 0 Å². The van der Waals surface area contributed by atoms with Gasteiger partial charge in [0.1, 0.15) is 13.2 Å². The summed E-state index contributed by atoms with van der Waals surface area (Å²) < 4.78 is 16.7. The van der Waals surface area contributed by atoms with E-state index in [1.54, 1.807) is 0 Å². The van der Waals surface area contributed by atoms with Gasteiger partial charge in [-0.05, 0) is 83.5 Å². The number of rotatable bonds is 47. The molecule has 0 spiro atoms. The molecule has 6 nitrogen and oxygen atoms in total. The predicted molar refractivity (Wildman–Crippen MR) is 270 cm³/mol. The fraction of sp³-hybridized carbons (Fsp3) is 0.737. The molecule has 362 valence electrons. The van der Waals surface area contributed by atoms with Crippen molar-refractivity contribution in [1.82, 2.24) is 0 Å². The minimum atomic E-state index is -0.778. The molecule has 0 N–H and O–H groups in total. The van der Waals surface area contributed by atoms with Crippen LogP contribution in [0, 0.1) is 0 Å². The van der Waals surface area contributed by atoms with Crippen LogP contribution >= 0.6 is 0 Å². The Balaban J connectivity index is 4.21. The number of carbonyl (C=O) groups is 3. The van der Waals surface area contributed by atoms with Gasteiger partial charge in [-0.3, -0.25) is 14.4 Å². The molecule has 0 saturated carbocycles. The first-order chi connectivity index (χ1) is 31.0. The highest BCUT2D eigenvalue weighted by atomic mass is 16.6. The average Bonchev–Trinajstić information content (AvgIpc) is 3.28. The maximum Gasteiger partial charge on any atom is 0.306 e. The molecule has 1 unspecified atom stereocenters. The fourth-order valence-corrected chi connectivity index (χ4v) is 7.24. The van der Waals surface area contributed by atoms with Crippen molar-refractivity contribution in [1.29, 1.82) is 0 Å². The molecule has 0 aliphatic heterocycles. The smallest absolute Gasteiger partial charge is 0.306 e. The highest BCUT2D eigenvalue weighted by molar-refractivity contribution is 5.71. The normalized spacial score (nSPS) is 12.6. The van der Waals surface area contributed by atoms with Crippen molar-refractivity contribution in [2.75, 3.05) is 13.2 Å². The molecule has 0 radical (unpaired) electrons. The van der Waals surface area contributed by atoms with Gasteiger partial charge in [0.15, 0.2) is 6.10 Å². The van der Waals surface area contributed by atoms with Crippen LogP contribution in [0.15, 0.2) is 72.9 Å². The summed E-state index contributed by atoms with van der Waals surface area (Å²) in [6, 6.07) is 0. The Morgan fingerprint density at radius 2 is 0.651 bits per heavy atom. The van der Waals surface area contributed by atoms with Crippen molar-refractivity contribution in [3.05, 3.63) is 72.9 Å². The Morgan fingerprint density at radius 1 is 0.333 bits per heavy atom. The minimum absolute atomic E-state index is 0.0788. The first-order valence-corrected chi connectivity index (χ1v) is 26.4. The zero-order valence-corrected chi connectivity index (χ0v) is 41.3. The molecule has 0 heterocycles. The van der Waals surface area contributed by atoms with Crippen LogP contribution in [-0.4, -0.2) is 37.2 Å². The molecule has 0 aromatic carbocycles. The van der Waals surface area contributed by atoms with Gasteiger partial charge in [0.2, 0.25) is 0 Å². The number of carbonyl (C=O) groups excluding carboxylic acids is 3. The zero-order chi connectivity index (χ0) is 45.8. The van der Waals surface area contributed by atoms with Crippen molar-refractivity contribution >= 4 is 17.9 Å². The Morgan fingerprint density at radius 3 is 1.05 bits per heavy atom. The van der Waals surface area contributed by atoms with Crippen LogP contribution < -0.4 is 0 Å². The highest BCUT2D eigenvalue weighted by Gasteiger charge is 2.19. The summed E-state index contributed by atoms with van der Waals surface area (Å²) in [6.07, 6.45) is 64.7. The molecular weight excluding hydrogens is 781 g/mol. The highest BCUT2D eigenvalue weighted by Crippen LogP contribution is 2.15. The summed E-state index contributed by atoms with van der Waals surface area (Å²) >= 11 is 0. The summed E-state index contributed by atoms with van der Waals surface area (Å²) in [7, 11) is 0. The quantitative estimate of drug-likeness (QED) is 0.0262. The fourth-order valence-electron chi connectivity index (χ4n) is 7.24. The standard InChI is InChI=1S/C57H98O6/c1-4-7-10-13-16-19-22-23-24-25-26-27-28-29-30-31-32-33-34-35-36-39-41-44-47-50-56(59)62-53-54(63-57(60)51-48-45-42-38-21-18-15-12-9-6-3)52-61-55(58)49-46-43-40-37-20-17-14-11-8-5-2/h7,10,12,15-16,19,23-24,26-27,29-30,54H,4-6,8-9,11,13-14,17-18,20-22,25,28,31-53H2,1-3H3/b10-7-,15-12-,19-16-,24-23-,27-26-,30-29-. The lowest BCUT2D eigenvalue weighted by Gasteiger charge is -2.18. The molecule has 1 atom stereocenters. The van der Waals surface area contributed by atoms with Crippen LogP contribution in [-0.2, 0) is 28.6 Å². The number of hydrogen-bond donors (Lipinski definition) is 0. The van der Waals surface area contributed by atoms with Gasteiger partial charge in [-0.1, -0.05) is 222 Å². The Hall–Kier alpha value is -3.15. The summed E-state index contributed by atoms with van der Waals surface area (Å²) in [5.74, 6) is -0.896. The molecule has 0 aliphatic carbocycles. The van der Waals surface area contributed by atoms with E-state index in [1.807, 2.05) is 0 Å². The van der Waals surface area contributed by atoms with E-state index in [-0.39, 0.29) is 31.1 Å². The van der Waals surface area contributed by atoms with Crippen molar-refractivity contribution in [2.24, 2.45) is 0 Å². The Labute approximate surface area is 389 Å². The van der Waals surface area contributed by atoms with E-state index >= 15 is 0 Å². The van der Waals surface area contributed by atoms with Gasteiger partial charge < -0.3 is 14.2 Å². The number of esters is 3. The molecule has 0 aromatic heterocycles. The van der Waals surface area contributed by atoms with Crippen LogP contribution in [0.3, 0.4) is 0 Å². The molecular formula is C57H98O6. The number of hydrogen-bond acceptors (Lipinski definition) is 6. The molecule has 6 heteroatoms. The third kappa shape index (κ3) is 49.7. The summed E-state index contributed by atoms with van der Waals surface area (Å²) in [6.45, 7) is 6.44. The molecule has 0 aromatic rings. The van der Waals surface area contributed by atoms with Gasteiger partial charge >= 0.3 is 17.9 Å². The topological polar surface area (TPSA) is 78.9 Å². The maximum atomic E-state index is 12.7. The third-order valence-corrected chi connectivity index (χ3v) is 11.2. The molecule has 0 rings (SSSR count). The van der Waals surface area contributed by atoms with Crippen LogP contribution in [0.25, 0.3) is 0 Å². The Bertz CT molecular complexity index is 1190. The molecule has 0 bridgehead atoms. The summed E-state index contributed by atoms with van der Waals surface area (Å²) in [5.41, 5.74) is 0. The van der Waals surface area contributed by atoms with Crippen LogP contribution in [0.5, 0.6) is 0 Å². The first-order valence-electron chi connectivity index (χ1n) is 26.4. The van der Waals surface area contributed by atoms with Crippen molar-refractivity contribution < 1.29 is 28.6 Å². The van der Waals surface area contributed by atoms with Crippen LogP contribution in [0.1, 0.15) is 252 Å². The number of unbranched alkanes of at least 4 members (excludes halogenated alkanes) is 24. The first kappa shape index (κ1) is 59.9. The van der Waals surface area contributed by atoms with Crippen molar-refractivity contribution in [3.8, 4) is 0 Å². The number of allylic oxidation sites excluding steroid dienone is 12. The third-order valence-electron chi connectivity index (χ3n) is 11.2. The second kappa shape index (κ2) is 51.5. The van der Waals surface area contributed by atoms with E-state index in [9.17, 15) is 14.4 Å². The van der Waals surface area contributed by atoms with E-state index in [0.717, 1.165) is 116 Å². The van der Waals surface area contributed by atoms with Gasteiger partial charge in [0.25, 0.3) is 0 Å². The zero-order valence-electron chi connectivity index (χ0n) is 41.3. The average molecular weight is 879 g/mol. The van der Waals surface area contributed by atoms with Crippen LogP contribution in [0.4, 0.5) is 0 Å². The molecule has 0 saturated heterocycles. The molecule has 63 heavy (non-hydrogen) atoms. The largest absolute Gasteiger partial charge is 0.462 e. The van der Waals surface area contributed by atoms with Gasteiger partial charge in [-0.15, -0.1) is 0 Å². The van der Waals surface area contributed by atoms with Gasteiger partial charge in [-0.25, -0.2) is 0 Å². The summed E-state index contributed by atoms with van der Waals surface area (Å²) in [4.78, 5) is 37.8. The monoisotopic (exact) mass is 879 g/mol. The van der Waals surface area contributed by atoms with E-state index in [1.165, 1.54) is 96.3 Å². The Kier molecular flexibility index (Phi) is 48.9. The van der Waals surface area contributed by atoms with E-state index in [0.29, 0.717) is 19.3 Å². The lowest BCUT2D eigenvalue weighted by atomic mass is 10.1. The second-order valence-corrected chi connectivity index (χ2v) is 17.4. The van der Waals surface area contributed by atoms with Crippen LogP contribution in [0.2, 0.25) is 0 Å². The van der Waals surface area contributed by atoms with Gasteiger partial charge in [0, 0.05) is 19.3 Å². The van der Waals surface area contributed by atoms with E-state index in [2.05, 4.69) is 93.7 Å². The number of ether oxygens (including phenoxy) is 3. The molecule has 0 aliphatic rings.